The summed E-state index contributed by atoms with van der Waals surface area (Å²) in [4.78, 5) is 7.97. The zero-order valence-corrected chi connectivity index (χ0v) is 21.2. The molecular weight excluding hydrogens is 506 g/mol. The second-order valence-corrected chi connectivity index (χ2v) is 9.17. The molecule has 5 N–H and O–H groups in total. The van der Waals surface area contributed by atoms with Gasteiger partial charge < -0.3 is 16.8 Å². The average Bonchev–Trinajstić information content (AvgIpc) is 2.91. The Labute approximate surface area is 224 Å². The summed E-state index contributed by atoms with van der Waals surface area (Å²) >= 11 is 0. The summed E-state index contributed by atoms with van der Waals surface area (Å²) < 4.78 is 56.9. The summed E-state index contributed by atoms with van der Waals surface area (Å²) in [6.07, 6.45) is 4.06. The smallest absolute Gasteiger partial charge is 0.404 e. The van der Waals surface area contributed by atoms with Gasteiger partial charge in [-0.3, -0.25) is 0 Å². The van der Waals surface area contributed by atoms with E-state index in [0.29, 0.717) is 11.4 Å². The van der Waals surface area contributed by atoms with Gasteiger partial charge in [0.05, 0.1) is 5.69 Å². The Bertz CT molecular complexity index is 1440. The van der Waals surface area contributed by atoms with Gasteiger partial charge in [-0.2, -0.15) is 13.2 Å². The lowest BCUT2D eigenvalue weighted by Crippen LogP contribution is -2.27. The van der Waals surface area contributed by atoms with E-state index in [-0.39, 0.29) is 23.5 Å². The average molecular weight is 536 g/mol. The summed E-state index contributed by atoms with van der Waals surface area (Å²) in [5.41, 5.74) is 13.5. The lowest BCUT2D eigenvalue weighted by Gasteiger charge is -2.19. The fraction of sp³-hybridized carbons (Fsp3) is 0.200. The lowest BCUT2D eigenvalue weighted by atomic mass is 9.89. The first-order valence-corrected chi connectivity index (χ1v) is 12.5. The maximum absolute atomic E-state index is 15.2. The molecule has 0 unspecified atom stereocenters. The van der Waals surface area contributed by atoms with Crippen LogP contribution in [-0.2, 0) is 6.42 Å². The van der Waals surface area contributed by atoms with E-state index in [1.165, 1.54) is 18.2 Å². The molecule has 2 aromatic carbocycles. The molecule has 0 radical (unpaired) electrons. The Morgan fingerprint density at radius 1 is 1.08 bits per heavy atom. The van der Waals surface area contributed by atoms with Crippen LogP contribution in [0.15, 0.2) is 95.9 Å². The molecule has 0 fully saturated rings. The minimum absolute atomic E-state index is 0.104. The molecule has 39 heavy (non-hydrogen) atoms. The molecule has 0 bridgehead atoms. The van der Waals surface area contributed by atoms with Gasteiger partial charge >= 0.3 is 6.18 Å². The lowest BCUT2D eigenvalue weighted by molar-refractivity contribution is -0.0581. The number of rotatable bonds is 8. The molecule has 0 saturated carbocycles. The van der Waals surface area contributed by atoms with E-state index in [4.69, 9.17) is 11.5 Å². The summed E-state index contributed by atoms with van der Waals surface area (Å²) in [6, 6.07) is 13.9. The van der Waals surface area contributed by atoms with Crippen molar-refractivity contribution in [3.05, 3.63) is 113 Å². The fourth-order valence-corrected chi connectivity index (χ4v) is 4.55. The number of hydrogen-bond acceptors (Lipinski definition) is 5. The van der Waals surface area contributed by atoms with Crippen molar-refractivity contribution >= 4 is 28.5 Å². The van der Waals surface area contributed by atoms with E-state index in [1.807, 2.05) is 6.07 Å². The number of halogens is 4. The second-order valence-electron chi connectivity index (χ2n) is 9.17. The first-order valence-electron chi connectivity index (χ1n) is 12.5. The van der Waals surface area contributed by atoms with Gasteiger partial charge in [0.2, 0.25) is 0 Å². The Kier molecular flexibility index (Phi) is 8.49. The van der Waals surface area contributed by atoms with Gasteiger partial charge in [0.15, 0.2) is 5.71 Å². The number of nitrogens with two attached hydrogens (primary N) is 2. The predicted octanol–water partition coefficient (Wildman–Crippen LogP) is 7.45. The first kappa shape index (κ1) is 27.6. The molecule has 0 saturated heterocycles. The Morgan fingerprint density at radius 3 is 2.49 bits per heavy atom. The summed E-state index contributed by atoms with van der Waals surface area (Å²) in [5.74, 6) is -0.117. The largest absolute Gasteiger partial charge is 0.434 e. The molecule has 0 spiro atoms. The minimum atomic E-state index is -4.81. The maximum atomic E-state index is 15.2. The predicted molar refractivity (Wildman–Crippen MR) is 149 cm³/mol. The summed E-state index contributed by atoms with van der Waals surface area (Å²) in [7, 11) is 0. The number of benzene rings is 2. The molecule has 1 aromatic heterocycles. The van der Waals surface area contributed by atoms with Crippen molar-refractivity contribution in [2.45, 2.75) is 38.3 Å². The van der Waals surface area contributed by atoms with E-state index in [0.717, 1.165) is 48.6 Å². The number of para-hydroxylation sites is 1. The normalized spacial score (nSPS) is 14.6. The molecule has 5 nitrogen and oxygen atoms in total. The molecule has 202 valence electrons. The molecule has 9 heteroatoms. The number of nitrogens with zero attached hydrogens (tertiary/aromatic N) is 2. The highest BCUT2D eigenvalue weighted by Gasteiger charge is 2.39. The number of pyridine rings is 1. The number of aliphatic imine (C=N–C) groups is 1. The standard InChI is InChI=1S/C30H29F4N5/c1-19(25(18-35)28(30(32,33)34)39-23-10-6-3-7-11-23)38-24-13-12-21(26(31)17-24)16-22-14-15-37-29(36)27(22)20-8-4-2-5-9-20/h3,6-8,10-15,17-18,38H,1-2,4-5,9,16,35H2,(H2,36,37). The van der Waals surface area contributed by atoms with Crippen LogP contribution in [0.3, 0.4) is 0 Å². The van der Waals surface area contributed by atoms with E-state index >= 15 is 4.39 Å². The van der Waals surface area contributed by atoms with Crippen molar-refractivity contribution in [1.29, 1.82) is 0 Å². The van der Waals surface area contributed by atoms with E-state index in [2.05, 4.69) is 27.9 Å². The van der Waals surface area contributed by atoms with Crippen LogP contribution in [0, 0.1) is 5.82 Å². The van der Waals surface area contributed by atoms with Crippen molar-refractivity contribution in [3.63, 3.8) is 0 Å². The van der Waals surface area contributed by atoms with Crippen LogP contribution >= 0.6 is 0 Å². The number of hydrogen-bond donors (Lipinski definition) is 3. The summed E-state index contributed by atoms with van der Waals surface area (Å²) in [6.45, 7) is 3.70. The second kappa shape index (κ2) is 12.0. The highest BCUT2D eigenvalue weighted by molar-refractivity contribution is 6.09. The van der Waals surface area contributed by atoms with Gasteiger partial charge in [0.25, 0.3) is 0 Å². The number of nitrogens with one attached hydrogen (secondary N) is 1. The van der Waals surface area contributed by atoms with Gasteiger partial charge in [-0.05, 0) is 72.7 Å². The first-order chi connectivity index (χ1) is 18.7. The van der Waals surface area contributed by atoms with Crippen molar-refractivity contribution in [2.75, 3.05) is 11.1 Å². The molecule has 1 aliphatic rings. The van der Waals surface area contributed by atoms with Crippen LogP contribution in [0.4, 0.5) is 34.8 Å². The zero-order valence-electron chi connectivity index (χ0n) is 21.2. The highest BCUT2D eigenvalue weighted by atomic mass is 19.4. The fourth-order valence-electron chi connectivity index (χ4n) is 4.55. The molecule has 4 rings (SSSR count). The third-order valence-electron chi connectivity index (χ3n) is 6.42. The summed E-state index contributed by atoms with van der Waals surface area (Å²) in [5, 5.41) is 2.73. The molecule has 3 aromatic rings. The van der Waals surface area contributed by atoms with Crippen LogP contribution < -0.4 is 16.8 Å². The molecule has 1 heterocycles. The van der Waals surface area contributed by atoms with E-state index in [1.54, 1.807) is 36.5 Å². The number of anilines is 2. The van der Waals surface area contributed by atoms with Crippen LogP contribution in [0.1, 0.15) is 42.4 Å². The Hall–Kier alpha value is -4.40. The number of aromatic nitrogens is 1. The molecule has 0 aliphatic heterocycles. The highest BCUT2D eigenvalue weighted by Crippen LogP contribution is 2.34. The van der Waals surface area contributed by atoms with Crippen molar-refractivity contribution < 1.29 is 17.6 Å². The van der Waals surface area contributed by atoms with Gasteiger partial charge in [-0.15, -0.1) is 0 Å². The van der Waals surface area contributed by atoms with Crippen LogP contribution in [0.2, 0.25) is 0 Å². The van der Waals surface area contributed by atoms with E-state index < -0.39 is 23.3 Å². The quantitative estimate of drug-likeness (QED) is 0.159. The SMILES string of the molecule is C=C(Nc1ccc(Cc2ccnc(N)c2C2=CCCCC2)c(F)c1)C(=CN)C(=Nc1ccccc1)C(F)(F)F. The van der Waals surface area contributed by atoms with Crippen molar-refractivity contribution in [2.24, 2.45) is 10.7 Å². The van der Waals surface area contributed by atoms with Crippen molar-refractivity contribution in [3.8, 4) is 0 Å². The zero-order chi connectivity index (χ0) is 28.0. The number of alkyl halides is 3. The van der Waals surface area contributed by atoms with Crippen LogP contribution in [0.5, 0.6) is 0 Å². The Balaban J connectivity index is 1.56. The van der Waals surface area contributed by atoms with Gasteiger partial charge in [0.1, 0.15) is 11.6 Å². The van der Waals surface area contributed by atoms with Crippen LogP contribution in [-0.4, -0.2) is 16.9 Å². The van der Waals surface area contributed by atoms with E-state index in [9.17, 15) is 13.2 Å². The van der Waals surface area contributed by atoms with Gasteiger partial charge in [-0.1, -0.05) is 36.9 Å². The van der Waals surface area contributed by atoms with Gasteiger partial charge in [0, 0.05) is 41.3 Å². The van der Waals surface area contributed by atoms with Crippen LogP contribution in [0.25, 0.3) is 5.57 Å². The molecule has 0 amide bonds. The molecule has 1 aliphatic carbocycles. The van der Waals surface area contributed by atoms with Gasteiger partial charge in [-0.25, -0.2) is 14.4 Å². The Morgan fingerprint density at radius 2 is 1.85 bits per heavy atom. The maximum Gasteiger partial charge on any atom is 0.434 e. The minimum Gasteiger partial charge on any atom is -0.404 e. The third-order valence-corrected chi connectivity index (χ3v) is 6.42. The molecular formula is C30H29F4N5. The van der Waals surface area contributed by atoms with Crippen molar-refractivity contribution in [1.82, 2.24) is 4.98 Å². The third kappa shape index (κ3) is 6.73. The monoisotopic (exact) mass is 535 g/mol. The number of allylic oxidation sites excluding steroid dienone is 3. The molecule has 0 atom stereocenters. The topological polar surface area (TPSA) is 89.3 Å². The number of nitrogen functional groups attached to an aromatic ring is 1.